The molecule has 26 heavy (non-hydrogen) atoms. The van der Waals surface area contributed by atoms with Gasteiger partial charge in [0.25, 0.3) is 0 Å². The maximum Gasteiger partial charge on any atom is 0.241 e. The molecule has 2 aromatic heterocycles. The van der Waals surface area contributed by atoms with Crippen LogP contribution in [0.4, 0.5) is 11.5 Å². The summed E-state index contributed by atoms with van der Waals surface area (Å²) >= 11 is 0. The highest BCUT2D eigenvalue weighted by Gasteiger charge is 2.19. The van der Waals surface area contributed by atoms with Crippen molar-refractivity contribution in [2.75, 3.05) is 5.32 Å². The summed E-state index contributed by atoms with van der Waals surface area (Å²) in [6, 6.07) is 13.5. The van der Waals surface area contributed by atoms with Crippen LogP contribution in [0.2, 0.25) is 0 Å². The highest BCUT2D eigenvalue weighted by atomic mass is 16.5. The van der Waals surface area contributed by atoms with Crippen LogP contribution in [-0.4, -0.2) is 15.0 Å². The van der Waals surface area contributed by atoms with Gasteiger partial charge >= 0.3 is 0 Å². The molecule has 0 amide bonds. The Bertz CT molecular complexity index is 878. The Labute approximate surface area is 152 Å². The van der Waals surface area contributed by atoms with Gasteiger partial charge in [-0.1, -0.05) is 18.2 Å². The summed E-state index contributed by atoms with van der Waals surface area (Å²) in [6.45, 7) is 0. The first kappa shape index (κ1) is 16.3. The fourth-order valence-electron chi connectivity index (χ4n) is 3.04. The minimum absolute atomic E-state index is 0.369. The number of anilines is 2. The Morgan fingerprint density at radius 3 is 2.54 bits per heavy atom. The van der Waals surface area contributed by atoms with Crippen molar-refractivity contribution in [3.8, 4) is 11.6 Å². The van der Waals surface area contributed by atoms with Crippen molar-refractivity contribution >= 4 is 11.5 Å². The molecule has 0 aliphatic heterocycles. The van der Waals surface area contributed by atoms with Crippen LogP contribution in [-0.2, 0) is 0 Å². The third kappa shape index (κ3) is 3.88. The topological polar surface area (TPSA) is 59.9 Å². The van der Waals surface area contributed by atoms with Crippen LogP contribution >= 0.6 is 0 Å². The van der Waals surface area contributed by atoms with Crippen molar-refractivity contribution in [1.82, 2.24) is 15.0 Å². The van der Waals surface area contributed by atoms with E-state index in [4.69, 9.17) is 4.74 Å². The quantitative estimate of drug-likeness (QED) is 0.642. The predicted molar refractivity (Wildman–Crippen MR) is 102 cm³/mol. The van der Waals surface area contributed by atoms with Crippen molar-refractivity contribution in [3.05, 3.63) is 78.9 Å². The van der Waals surface area contributed by atoms with Crippen LogP contribution < -0.4 is 10.1 Å². The molecule has 4 rings (SSSR count). The predicted octanol–water partition coefficient (Wildman–Crippen LogP) is 5.23. The van der Waals surface area contributed by atoms with Gasteiger partial charge in [-0.2, -0.15) is 0 Å². The van der Waals surface area contributed by atoms with E-state index >= 15 is 0 Å². The first-order chi connectivity index (χ1) is 12.9. The lowest BCUT2D eigenvalue weighted by atomic mass is 9.91. The fourth-order valence-corrected chi connectivity index (χ4v) is 3.04. The van der Waals surface area contributed by atoms with Gasteiger partial charge in [-0.05, 0) is 55.7 Å². The number of ether oxygens (including phenoxy) is 1. The van der Waals surface area contributed by atoms with Crippen molar-refractivity contribution in [2.45, 2.75) is 25.2 Å². The standard InChI is InChI=1S/C21H20N4O/c1-2-6-16(7-3-1)20-21(24-15-14-23-20)26-18-11-9-17(10-12-18)25-19-8-4-5-13-22-19/h1-2,4-5,8-16H,3,6-7H2,(H,22,25). The molecule has 2 heterocycles. The smallest absolute Gasteiger partial charge is 0.241 e. The molecule has 0 saturated carbocycles. The van der Waals surface area contributed by atoms with E-state index in [-0.39, 0.29) is 0 Å². The molecular weight excluding hydrogens is 324 g/mol. The molecule has 0 bridgehead atoms. The number of hydrogen-bond acceptors (Lipinski definition) is 5. The van der Waals surface area contributed by atoms with E-state index in [1.165, 1.54) is 0 Å². The van der Waals surface area contributed by atoms with Crippen LogP contribution in [0.5, 0.6) is 11.6 Å². The van der Waals surface area contributed by atoms with Gasteiger partial charge in [-0.3, -0.25) is 4.98 Å². The van der Waals surface area contributed by atoms with Crippen molar-refractivity contribution < 1.29 is 4.74 Å². The summed E-state index contributed by atoms with van der Waals surface area (Å²) in [5.74, 6) is 2.51. The van der Waals surface area contributed by atoms with E-state index in [2.05, 4.69) is 32.4 Å². The molecule has 5 heteroatoms. The van der Waals surface area contributed by atoms with Gasteiger partial charge in [0.2, 0.25) is 5.88 Å². The van der Waals surface area contributed by atoms with Crippen LogP contribution in [0.3, 0.4) is 0 Å². The second-order valence-corrected chi connectivity index (χ2v) is 6.19. The fraction of sp³-hybridized carbons (Fsp3) is 0.190. The lowest BCUT2D eigenvalue weighted by Gasteiger charge is -2.19. The monoisotopic (exact) mass is 344 g/mol. The maximum atomic E-state index is 6.03. The van der Waals surface area contributed by atoms with Crippen LogP contribution in [0.1, 0.15) is 30.9 Å². The minimum Gasteiger partial charge on any atom is -0.437 e. The van der Waals surface area contributed by atoms with Gasteiger partial charge in [-0.15, -0.1) is 0 Å². The van der Waals surface area contributed by atoms with E-state index < -0.39 is 0 Å². The van der Waals surface area contributed by atoms with E-state index in [1.54, 1.807) is 18.6 Å². The molecule has 1 aromatic carbocycles. The Kier molecular flexibility index (Phi) is 4.87. The van der Waals surface area contributed by atoms with Gasteiger partial charge in [0.15, 0.2) is 0 Å². The Morgan fingerprint density at radius 1 is 0.885 bits per heavy atom. The molecule has 1 N–H and O–H groups in total. The average molecular weight is 344 g/mol. The first-order valence-corrected chi connectivity index (χ1v) is 8.80. The van der Waals surface area contributed by atoms with Gasteiger partial charge < -0.3 is 10.1 Å². The second kappa shape index (κ2) is 7.78. The van der Waals surface area contributed by atoms with Crippen LogP contribution in [0.25, 0.3) is 0 Å². The summed E-state index contributed by atoms with van der Waals surface area (Å²) in [6.07, 6.45) is 12.8. The molecule has 3 aromatic rings. The highest BCUT2D eigenvalue weighted by molar-refractivity contribution is 5.57. The number of pyridine rings is 1. The zero-order valence-electron chi connectivity index (χ0n) is 14.4. The summed E-state index contributed by atoms with van der Waals surface area (Å²) in [4.78, 5) is 13.2. The molecule has 0 saturated heterocycles. The van der Waals surface area contributed by atoms with Crippen molar-refractivity contribution in [3.63, 3.8) is 0 Å². The Balaban J connectivity index is 1.48. The van der Waals surface area contributed by atoms with E-state index in [9.17, 15) is 0 Å². The second-order valence-electron chi connectivity index (χ2n) is 6.19. The lowest BCUT2D eigenvalue weighted by molar-refractivity contribution is 0.438. The number of hydrogen-bond donors (Lipinski definition) is 1. The molecule has 0 spiro atoms. The molecule has 1 aliphatic rings. The molecule has 0 fully saturated rings. The minimum atomic E-state index is 0.369. The lowest BCUT2D eigenvalue weighted by Crippen LogP contribution is -2.06. The third-order valence-corrected chi connectivity index (χ3v) is 4.35. The molecule has 5 nitrogen and oxygen atoms in total. The third-order valence-electron chi connectivity index (χ3n) is 4.35. The molecule has 0 radical (unpaired) electrons. The van der Waals surface area contributed by atoms with Crippen molar-refractivity contribution in [1.29, 1.82) is 0 Å². The number of nitrogens with zero attached hydrogens (tertiary/aromatic N) is 3. The van der Waals surface area contributed by atoms with Gasteiger partial charge in [0.1, 0.15) is 17.3 Å². The number of nitrogens with one attached hydrogen (secondary N) is 1. The zero-order valence-corrected chi connectivity index (χ0v) is 14.4. The first-order valence-electron chi connectivity index (χ1n) is 8.80. The zero-order chi connectivity index (χ0) is 17.6. The highest BCUT2D eigenvalue weighted by Crippen LogP contribution is 2.34. The molecule has 130 valence electrons. The molecule has 1 unspecified atom stereocenters. The van der Waals surface area contributed by atoms with E-state index in [0.29, 0.717) is 11.8 Å². The average Bonchev–Trinajstić information content (AvgIpc) is 2.71. The molecule has 1 aliphatic carbocycles. The number of benzene rings is 1. The number of allylic oxidation sites excluding steroid dienone is 2. The Morgan fingerprint density at radius 2 is 1.77 bits per heavy atom. The van der Waals surface area contributed by atoms with Crippen LogP contribution in [0.15, 0.2) is 73.2 Å². The largest absolute Gasteiger partial charge is 0.437 e. The SMILES string of the molecule is C1=CCC(c2nccnc2Oc2ccc(Nc3ccccn3)cc2)CC1. The van der Waals surface area contributed by atoms with Gasteiger partial charge in [0.05, 0.1) is 0 Å². The van der Waals surface area contributed by atoms with E-state index in [1.807, 2.05) is 42.5 Å². The van der Waals surface area contributed by atoms with Gasteiger partial charge in [0, 0.05) is 30.2 Å². The van der Waals surface area contributed by atoms with Gasteiger partial charge in [-0.25, -0.2) is 9.97 Å². The normalized spacial score (nSPS) is 16.2. The van der Waals surface area contributed by atoms with E-state index in [0.717, 1.165) is 42.2 Å². The summed E-state index contributed by atoms with van der Waals surface area (Å²) in [5.41, 5.74) is 1.89. The Hall–Kier alpha value is -3.21. The van der Waals surface area contributed by atoms with Crippen molar-refractivity contribution in [2.24, 2.45) is 0 Å². The summed E-state index contributed by atoms with van der Waals surface area (Å²) < 4.78 is 6.03. The summed E-state index contributed by atoms with van der Waals surface area (Å²) in [7, 11) is 0. The number of rotatable bonds is 5. The molecular formula is C21H20N4O. The molecule has 1 atom stereocenters. The summed E-state index contributed by atoms with van der Waals surface area (Å²) in [5, 5.41) is 3.26. The maximum absolute atomic E-state index is 6.03. The number of aromatic nitrogens is 3. The van der Waals surface area contributed by atoms with Crippen LogP contribution in [0, 0.1) is 0 Å².